The van der Waals surface area contributed by atoms with Gasteiger partial charge in [0.05, 0.1) is 0 Å². The van der Waals surface area contributed by atoms with Gasteiger partial charge in [0.1, 0.15) is 5.82 Å². The molecule has 1 saturated heterocycles. The number of piperazine rings is 1. The molecule has 1 aliphatic rings. The van der Waals surface area contributed by atoms with Crippen molar-refractivity contribution in [3.05, 3.63) is 71.5 Å². The first-order chi connectivity index (χ1) is 9.81. The molecule has 3 rings (SSSR count). The predicted octanol–water partition coefficient (Wildman–Crippen LogP) is 2.97. The van der Waals surface area contributed by atoms with Crippen LogP contribution in [0.3, 0.4) is 0 Å². The van der Waals surface area contributed by atoms with Crippen molar-refractivity contribution < 1.29 is 4.39 Å². The van der Waals surface area contributed by atoms with Crippen molar-refractivity contribution in [3.63, 3.8) is 0 Å². The summed E-state index contributed by atoms with van der Waals surface area (Å²) >= 11 is 0. The third-order valence-electron chi connectivity index (χ3n) is 3.78. The molecule has 0 aromatic heterocycles. The maximum absolute atomic E-state index is 13.0. The molecule has 2 aromatic rings. The van der Waals surface area contributed by atoms with Gasteiger partial charge in [0.2, 0.25) is 0 Å². The van der Waals surface area contributed by atoms with E-state index in [0.717, 1.165) is 31.7 Å². The van der Waals surface area contributed by atoms with E-state index in [1.54, 1.807) is 0 Å². The summed E-state index contributed by atoms with van der Waals surface area (Å²) < 4.78 is 13.0. The molecule has 1 atom stereocenters. The first kappa shape index (κ1) is 13.3. The van der Waals surface area contributed by atoms with Crippen molar-refractivity contribution in [2.75, 3.05) is 19.6 Å². The van der Waals surface area contributed by atoms with Gasteiger partial charge >= 0.3 is 0 Å². The van der Waals surface area contributed by atoms with Crippen LogP contribution in [0.5, 0.6) is 0 Å². The first-order valence-electron chi connectivity index (χ1n) is 7.06. The van der Waals surface area contributed by atoms with Gasteiger partial charge in [-0.3, -0.25) is 4.90 Å². The normalized spacial score (nSPS) is 19.9. The lowest BCUT2D eigenvalue weighted by Crippen LogP contribution is -2.45. The van der Waals surface area contributed by atoms with E-state index < -0.39 is 0 Å². The number of nitrogens with one attached hydrogen (secondary N) is 1. The Morgan fingerprint density at radius 3 is 2.55 bits per heavy atom. The largest absolute Gasteiger partial charge is 0.308 e. The van der Waals surface area contributed by atoms with Gasteiger partial charge in [0.15, 0.2) is 0 Å². The van der Waals surface area contributed by atoms with Gasteiger partial charge in [-0.15, -0.1) is 0 Å². The molecule has 0 aliphatic carbocycles. The van der Waals surface area contributed by atoms with Gasteiger partial charge in [-0.1, -0.05) is 42.5 Å². The van der Waals surface area contributed by atoms with E-state index >= 15 is 0 Å². The number of rotatable bonds is 3. The zero-order chi connectivity index (χ0) is 13.8. The van der Waals surface area contributed by atoms with E-state index in [1.165, 1.54) is 17.7 Å². The van der Waals surface area contributed by atoms with Crippen molar-refractivity contribution in [2.45, 2.75) is 12.6 Å². The Kier molecular flexibility index (Phi) is 4.09. The summed E-state index contributed by atoms with van der Waals surface area (Å²) in [6.45, 7) is 3.95. The lowest BCUT2D eigenvalue weighted by Gasteiger charge is -2.34. The van der Waals surface area contributed by atoms with E-state index in [9.17, 15) is 4.39 Å². The highest BCUT2D eigenvalue weighted by Gasteiger charge is 2.20. The van der Waals surface area contributed by atoms with E-state index in [1.807, 2.05) is 18.2 Å². The average Bonchev–Trinajstić information content (AvgIpc) is 2.49. The standard InChI is InChI=1S/C17H19FN2/c18-16-8-6-15(7-9-16)17-13-20(11-10-19-17)12-14-4-2-1-3-5-14/h1-9,17,19H,10-13H2/t17-/m1/s1. The molecule has 0 bridgehead atoms. The SMILES string of the molecule is Fc1ccc([C@H]2CN(Cc3ccccc3)CCN2)cc1. The van der Waals surface area contributed by atoms with Crippen molar-refractivity contribution in [1.29, 1.82) is 0 Å². The maximum Gasteiger partial charge on any atom is 0.123 e. The van der Waals surface area contributed by atoms with E-state index in [-0.39, 0.29) is 11.9 Å². The fourth-order valence-corrected chi connectivity index (χ4v) is 2.71. The van der Waals surface area contributed by atoms with E-state index in [2.05, 4.69) is 34.5 Å². The Hall–Kier alpha value is -1.71. The molecule has 0 amide bonds. The van der Waals surface area contributed by atoms with Crippen LogP contribution >= 0.6 is 0 Å². The van der Waals surface area contributed by atoms with Crippen LogP contribution in [0.25, 0.3) is 0 Å². The topological polar surface area (TPSA) is 15.3 Å². The molecule has 1 aliphatic heterocycles. The second-order valence-corrected chi connectivity index (χ2v) is 5.28. The Bertz CT molecular complexity index is 539. The molecule has 3 heteroatoms. The molecular formula is C17H19FN2. The molecule has 0 radical (unpaired) electrons. The molecule has 0 unspecified atom stereocenters. The van der Waals surface area contributed by atoms with Crippen LogP contribution in [0, 0.1) is 5.82 Å². The molecule has 0 saturated carbocycles. The highest BCUT2D eigenvalue weighted by Crippen LogP contribution is 2.19. The minimum Gasteiger partial charge on any atom is -0.308 e. The van der Waals surface area contributed by atoms with Crippen LogP contribution in [0.2, 0.25) is 0 Å². The summed E-state index contributed by atoms with van der Waals surface area (Å²) in [5.41, 5.74) is 2.50. The summed E-state index contributed by atoms with van der Waals surface area (Å²) in [5, 5.41) is 3.51. The van der Waals surface area contributed by atoms with E-state index in [4.69, 9.17) is 0 Å². The highest BCUT2D eigenvalue weighted by atomic mass is 19.1. The van der Waals surface area contributed by atoms with E-state index in [0.29, 0.717) is 0 Å². The Labute approximate surface area is 119 Å². The fourth-order valence-electron chi connectivity index (χ4n) is 2.71. The average molecular weight is 270 g/mol. The zero-order valence-electron chi connectivity index (χ0n) is 11.4. The van der Waals surface area contributed by atoms with Crippen LogP contribution in [0.4, 0.5) is 4.39 Å². The lowest BCUT2D eigenvalue weighted by atomic mass is 10.0. The van der Waals surface area contributed by atoms with Crippen LogP contribution < -0.4 is 5.32 Å². The zero-order valence-corrected chi connectivity index (χ0v) is 11.4. The molecule has 2 aromatic carbocycles. The number of hydrogen-bond acceptors (Lipinski definition) is 2. The summed E-state index contributed by atoms with van der Waals surface area (Å²) in [6, 6.07) is 17.6. The van der Waals surface area contributed by atoms with Crippen molar-refractivity contribution >= 4 is 0 Å². The van der Waals surface area contributed by atoms with Crippen LogP contribution in [0.15, 0.2) is 54.6 Å². The summed E-state index contributed by atoms with van der Waals surface area (Å²) in [7, 11) is 0. The maximum atomic E-state index is 13.0. The fraction of sp³-hybridized carbons (Fsp3) is 0.294. The van der Waals surface area contributed by atoms with Gasteiger partial charge in [0, 0.05) is 32.2 Å². The summed E-state index contributed by atoms with van der Waals surface area (Å²) in [5.74, 6) is -0.175. The molecule has 1 heterocycles. The number of nitrogens with zero attached hydrogens (tertiary/aromatic N) is 1. The van der Waals surface area contributed by atoms with Gasteiger partial charge in [0.25, 0.3) is 0 Å². The summed E-state index contributed by atoms with van der Waals surface area (Å²) in [4.78, 5) is 2.44. The smallest absolute Gasteiger partial charge is 0.123 e. The summed E-state index contributed by atoms with van der Waals surface area (Å²) in [6.07, 6.45) is 0. The van der Waals surface area contributed by atoms with Crippen molar-refractivity contribution in [1.82, 2.24) is 10.2 Å². The molecule has 2 nitrogen and oxygen atoms in total. The molecular weight excluding hydrogens is 251 g/mol. The number of benzene rings is 2. The number of hydrogen-bond donors (Lipinski definition) is 1. The van der Waals surface area contributed by atoms with Crippen LogP contribution in [-0.4, -0.2) is 24.5 Å². The third-order valence-corrected chi connectivity index (χ3v) is 3.78. The lowest BCUT2D eigenvalue weighted by molar-refractivity contribution is 0.193. The molecule has 1 fully saturated rings. The van der Waals surface area contributed by atoms with Crippen LogP contribution in [-0.2, 0) is 6.54 Å². The minimum atomic E-state index is -0.175. The van der Waals surface area contributed by atoms with Crippen molar-refractivity contribution in [3.8, 4) is 0 Å². The predicted molar refractivity (Wildman–Crippen MR) is 78.9 cm³/mol. The van der Waals surface area contributed by atoms with Gasteiger partial charge in [-0.25, -0.2) is 4.39 Å². The quantitative estimate of drug-likeness (QED) is 0.922. The van der Waals surface area contributed by atoms with Gasteiger partial charge in [-0.2, -0.15) is 0 Å². The molecule has 1 N–H and O–H groups in total. The second kappa shape index (κ2) is 6.16. The van der Waals surface area contributed by atoms with Gasteiger partial charge in [-0.05, 0) is 23.3 Å². The minimum absolute atomic E-state index is 0.175. The highest BCUT2D eigenvalue weighted by molar-refractivity contribution is 5.21. The Morgan fingerprint density at radius 2 is 1.80 bits per heavy atom. The Morgan fingerprint density at radius 1 is 1.05 bits per heavy atom. The second-order valence-electron chi connectivity index (χ2n) is 5.28. The molecule has 104 valence electrons. The molecule has 20 heavy (non-hydrogen) atoms. The van der Waals surface area contributed by atoms with Gasteiger partial charge < -0.3 is 5.32 Å². The van der Waals surface area contributed by atoms with Crippen LogP contribution in [0.1, 0.15) is 17.2 Å². The Balaban J connectivity index is 1.66. The monoisotopic (exact) mass is 270 g/mol. The number of halogens is 1. The first-order valence-corrected chi connectivity index (χ1v) is 7.06. The third kappa shape index (κ3) is 3.24. The van der Waals surface area contributed by atoms with Crippen molar-refractivity contribution in [2.24, 2.45) is 0 Å². The molecule has 0 spiro atoms.